The molecule has 0 aromatic rings. The molecule has 0 amide bonds. The zero-order valence-electron chi connectivity index (χ0n) is 8.52. The van der Waals surface area contributed by atoms with Gasteiger partial charge in [0.25, 0.3) is 0 Å². The molecule has 1 fully saturated rings. The maximum atomic E-state index is 8.94. The van der Waals surface area contributed by atoms with Crippen molar-refractivity contribution in [2.75, 3.05) is 13.1 Å². The molecule has 1 saturated heterocycles. The Morgan fingerprint density at radius 1 is 1.09 bits per heavy atom. The lowest BCUT2D eigenvalue weighted by Gasteiger charge is -2.02. The molecule has 0 saturated carbocycles. The Hall–Kier alpha value is -0.0800. The van der Waals surface area contributed by atoms with E-state index < -0.39 is 0 Å². The van der Waals surface area contributed by atoms with Gasteiger partial charge in [-0.15, -0.1) is 0 Å². The first kappa shape index (κ1) is 13.5. The molecule has 11 heavy (non-hydrogen) atoms. The highest BCUT2D eigenvalue weighted by molar-refractivity contribution is 4.75. The molecule has 2 N–H and O–H groups in total. The molecule has 1 rings (SSSR count). The van der Waals surface area contributed by atoms with Gasteiger partial charge in [0.2, 0.25) is 0 Å². The van der Waals surface area contributed by atoms with Crippen molar-refractivity contribution in [3.63, 3.8) is 0 Å². The summed E-state index contributed by atoms with van der Waals surface area (Å²) in [4.78, 5) is 0. The second kappa shape index (κ2) is 9.92. The smallest absolute Gasteiger partial charge is 0.0702 e. The fourth-order valence-electron chi connectivity index (χ4n) is 0.796. The molecule has 70 valence electrons. The van der Waals surface area contributed by atoms with Gasteiger partial charge < -0.3 is 10.4 Å². The highest BCUT2D eigenvalue weighted by Crippen LogP contribution is 2.05. The Kier molecular flexibility index (Phi) is 12.2. The third-order valence-electron chi connectivity index (χ3n) is 1.48. The lowest BCUT2D eigenvalue weighted by molar-refractivity contribution is 0.156. The van der Waals surface area contributed by atoms with E-state index in [1.54, 1.807) is 0 Å². The van der Waals surface area contributed by atoms with Crippen LogP contribution in [0.3, 0.4) is 0 Å². The normalized spacial score (nSPS) is 27.8. The molecule has 2 unspecified atom stereocenters. The summed E-state index contributed by atoms with van der Waals surface area (Å²) in [7, 11) is 0. The van der Waals surface area contributed by atoms with Crippen LogP contribution in [0.25, 0.3) is 0 Å². The van der Waals surface area contributed by atoms with Gasteiger partial charge >= 0.3 is 0 Å². The number of aliphatic hydroxyl groups is 1. The van der Waals surface area contributed by atoms with Gasteiger partial charge in [0.1, 0.15) is 0 Å². The fraction of sp³-hybridized carbons (Fsp3) is 1.00. The summed E-state index contributed by atoms with van der Waals surface area (Å²) in [6.45, 7) is 11.8. The van der Waals surface area contributed by atoms with E-state index in [2.05, 4.69) is 5.32 Å². The second-order valence-electron chi connectivity index (χ2n) is 2.20. The summed E-state index contributed by atoms with van der Waals surface area (Å²) in [5.74, 6) is 0.458. The van der Waals surface area contributed by atoms with Crippen LogP contribution in [0.4, 0.5) is 0 Å². The number of aliphatic hydroxyl groups excluding tert-OH is 1. The summed E-state index contributed by atoms with van der Waals surface area (Å²) in [6.07, 6.45) is -0.0972. The third-order valence-corrected chi connectivity index (χ3v) is 1.48. The Labute approximate surface area is 71.0 Å². The maximum absolute atomic E-state index is 8.94. The van der Waals surface area contributed by atoms with Crippen LogP contribution in [0.2, 0.25) is 0 Å². The number of hydrogen-bond donors (Lipinski definition) is 2. The summed E-state index contributed by atoms with van der Waals surface area (Å²) in [5, 5.41) is 12.0. The van der Waals surface area contributed by atoms with Crippen molar-refractivity contribution >= 4 is 0 Å². The van der Waals surface area contributed by atoms with Gasteiger partial charge in [-0.25, -0.2) is 0 Å². The van der Waals surface area contributed by atoms with Crippen molar-refractivity contribution in [2.24, 2.45) is 5.92 Å². The van der Waals surface area contributed by atoms with E-state index in [0.717, 1.165) is 13.1 Å². The van der Waals surface area contributed by atoms with Gasteiger partial charge in [0, 0.05) is 13.1 Å². The van der Waals surface area contributed by atoms with E-state index in [1.165, 1.54) is 0 Å². The minimum absolute atomic E-state index is 0.0972. The SMILES string of the molecule is CC.CC.CC1CNCC1O. The molecule has 1 aliphatic heterocycles. The lowest BCUT2D eigenvalue weighted by Crippen LogP contribution is -2.14. The molecular formula is C9H23NO. The molecule has 0 spiro atoms. The Morgan fingerprint density at radius 3 is 1.64 bits per heavy atom. The number of β-amino-alcohol motifs (C(OH)–C–C–N with tert-alkyl or cyclic N) is 1. The average Bonchev–Trinajstić information content (AvgIpc) is 2.44. The minimum atomic E-state index is -0.0972. The quantitative estimate of drug-likeness (QED) is 0.566. The number of hydrogen-bond acceptors (Lipinski definition) is 2. The fourth-order valence-corrected chi connectivity index (χ4v) is 0.796. The molecule has 2 nitrogen and oxygen atoms in total. The Morgan fingerprint density at radius 2 is 1.55 bits per heavy atom. The van der Waals surface area contributed by atoms with Gasteiger partial charge in [-0.1, -0.05) is 34.6 Å². The van der Waals surface area contributed by atoms with Gasteiger partial charge in [0.05, 0.1) is 6.10 Å². The zero-order chi connectivity index (χ0) is 9.28. The van der Waals surface area contributed by atoms with Gasteiger partial charge in [-0.2, -0.15) is 0 Å². The second-order valence-corrected chi connectivity index (χ2v) is 2.20. The number of rotatable bonds is 0. The van der Waals surface area contributed by atoms with E-state index in [0.29, 0.717) is 5.92 Å². The molecular weight excluding hydrogens is 138 g/mol. The van der Waals surface area contributed by atoms with Crippen LogP contribution in [-0.4, -0.2) is 24.3 Å². The highest BCUT2D eigenvalue weighted by Gasteiger charge is 2.18. The Bertz CT molecular complexity index is 58.6. The van der Waals surface area contributed by atoms with Crippen molar-refractivity contribution in [3.8, 4) is 0 Å². The summed E-state index contributed by atoms with van der Waals surface area (Å²) in [6, 6.07) is 0. The molecule has 0 radical (unpaired) electrons. The molecule has 1 aliphatic rings. The van der Waals surface area contributed by atoms with E-state index in [1.807, 2.05) is 34.6 Å². The summed E-state index contributed by atoms with van der Waals surface area (Å²) < 4.78 is 0. The predicted octanol–water partition coefficient (Wildman–Crippen LogP) is 1.64. The van der Waals surface area contributed by atoms with E-state index >= 15 is 0 Å². The molecule has 2 heteroatoms. The van der Waals surface area contributed by atoms with Crippen LogP contribution in [-0.2, 0) is 0 Å². The first-order valence-corrected chi connectivity index (χ1v) is 4.69. The van der Waals surface area contributed by atoms with Crippen LogP contribution in [0.15, 0.2) is 0 Å². The van der Waals surface area contributed by atoms with E-state index in [-0.39, 0.29) is 6.10 Å². The summed E-state index contributed by atoms with van der Waals surface area (Å²) in [5.41, 5.74) is 0. The van der Waals surface area contributed by atoms with Crippen LogP contribution in [0.5, 0.6) is 0 Å². The first-order chi connectivity index (χ1) is 5.30. The minimum Gasteiger partial charge on any atom is -0.391 e. The van der Waals surface area contributed by atoms with Crippen LogP contribution in [0, 0.1) is 5.92 Å². The van der Waals surface area contributed by atoms with Crippen LogP contribution < -0.4 is 5.32 Å². The molecule has 0 bridgehead atoms. The van der Waals surface area contributed by atoms with E-state index in [4.69, 9.17) is 5.11 Å². The molecule has 1 heterocycles. The topological polar surface area (TPSA) is 32.3 Å². The van der Waals surface area contributed by atoms with Crippen LogP contribution in [0.1, 0.15) is 34.6 Å². The van der Waals surface area contributed by atoms with Crippen molar-refractivity contribution in [1.29, 1.82) is 0 Å². The molecule has 0 aliphatic carbocycles. The third kappa shape index (κ3) is 6.32. The molecule has 0 aromatic heterocycles. The highest BCUT2D eigenvalue weighted by atomic mass is 16.3. The standard InChI is InChI=1S/C5H11NO.2C2H6/c1-4-2-6-3-5(4)7;2*1-2/h4-7H,2-3H2,1H3;2*1-2H3. The van der Waals surface area contributed by atoms with Gasteiger partial charge in [-0.05, 0) is 5.92 Å². The monoisotopic (exact) mass is 161 g/mol. The largest absolute Gasteiger partial charge is 0.391 e. The first-order valence-electron chi connectivity index (χ1n) is 4.69. The zero-order valence-corrected chi connectivity index (χ0v) is 8.52. The van der Waals surface area contributed by atoms with Gasteiger partial charge in [-0.3, -0.25) is 0 Å². The van der Waals surface area contributed by atoms with E-state index in [9.17, 15) is 0 Å². The average molecular weight is 161 g/mol. The van der Waals surface area contributed by atoms with Crippen LogP contribution >= 0.6 is 0 Å². The molecule has 2 atom stereocenters. The van der Waals surface area contributed by atoms with Gasteiger partial charge in [0.15, 0.2) is 0 Å². The predicted molar refractivity (Wildman–Crippen MR) is 50.7 cm³/mol. The Balaban J connectivity index is 0. The van der Waals surface area contributed by atoms with Crippen molar-refractivity contribution < 1.29 is 5.11 Å². The number of nitrogens with one attached hydrogen (secondary N) is 1. The summed E-state index contributed by atoms with van der Waals surface area (Å²) >= 11 is 0. The molecule has 0 aromatic carbocycles. The van der Waals surface area contributed by atoms with Crippen molar-refractivity contribution in [1.82, 2.24) is 5.32 Å². The van der Waals surface area contributed by atoms with Crippen molar-refractivity contribution in [3.05, 3.63) is 0 Å². The van der Waals surface area contributed by atoms with Crippen molar-refractivity contribution in [2.45, 2.75) is 40.7 Å². The lowest BCUT2D eigenvalue weighted by atomic mass is 10.1. The maximum Gasteiger partial charge on any atom is 0.0702 e.